The Balaban J connectivity index is 1.78. The van der Waals surface area contributed by atoms with E-state index in [-0.39, 0.29) is 18.8 Å². The van der Waals surface area contributed by atoms with Crippen LogP contribution in [0.2, 0.25) is 0 Å². The Bertz CT molecular complexity index is 752. The van der Waals surface area contributed by atoms with Crippen LogP contribution in [0, 0.1) is 11.8 Å². The average molecular weight is 324 g/mol. The summed E-state index contributed by atoms with van der Waals surface area (Å²) < 4.78 is 49.6. The van der Waals surface area contributed by atoms with Gasteiger partial charge in [0.25, 0.3) is 0 Å². The van der Waals surface area contributed by atoms with E-state index in [1.807, 2.05) is 0 Å². The van der Waals surface area contributed by atoms with Crippen LogP contribution < -0.4 is 0 Å². The molecule has 1 aliphatic rings. The van der Waals surface area contributed by atoms with Crippen LogP contribution in [0.5, 0.6) is 0 Å². The highest BCUT2D eigenvalue weighted by atomic mass is 19.4. The van der Waals surface area contributed by atoms with E-state index in [9.17, 15) is 13.2 Å². The number of aliphatic hydroxyl groups excluding tert-OH is 1. The van der Waals surface area contributed by atoms with Gasteiger partial charge in [-0.3, -0.25) is 0 Å². The van der Waals surface area contributed by atoms with E-state index in [1.165, 1.54) is 6.07 Å². The Morgan fingerprint density at radius 1 is 1.22 bits per heavy atom. The van der Waals surface area contributed by atoms with E-state index in [2.05, 4.69) is 11.8 Å². The van der Waals surface area contributed by atoms with Crippen molar-refractivity contribution < 1.29 is 27.4 Å². The van der Waals surface area contributed by atoms with Crippen molar-refractivity contribution in [2.75, 3.05) is 6.61 Å². The quantitative estimate of drug-likeness (QED) is 0.847. The molecule has 1 fully saturated rings. The minimum Gasteiger partial charge on any atom is -0.458 e. The molecule has 1 N–H and O–H groups in total. The van der Waals surface area contributed by atoms with Gasteiger partial charge < -0.3 is 14.3 Å². The van der Waals surface area contributed by atoms with Gasteiger partial charge in [0.1, 0.15) is 23.6 Å². The minimum absolute atomic E-state index is 0.00820. The minimum atomic E-state index is -4.37. The number of rotatable bonds is 2. The molecule has 6 heteroatoms. The standard InChI is InChI=1S/C17H15F3O3/c18-17(19,20)12-4-6-14-11(9-12)10-16(23-14)15-7-5-13(22-15)3-1-2-8-21/h4,6,9-10,13,15,21H,2,5,7-8H2. The normalized spacial score (nSPS) is 21.4. The van der Waals surface area contributed by atoms with E-state index in [0.717, 1.165) is 18.6 Å². The molecular weight excluding hydrogens is 309 g/mol. The van der Waals surface area contributed by atoms with Gasteiger partial charge in [0.15, 0.2) is 0 Å². The summed E-state index contributed by atoms with van der Waals surface area (Å²) >= 11 is 0. The summed E-state index contributed by atoms with van der Waals surface area (Å²) in [5, 5.41) is 9.10. The molecule has 0 bridgehead atoms. The van der Waals surface area contributed by atoms with E-state index in [0.29, 0.717) is 29.6 Å². The van der Waals surface area contributed by atoms with Gasteiger partial charge in [-0.1, -0.05) is 11.8 Å². The monoisotopic (exact) mass is 324 g/mol. The van der Waals surface area contributed by atoms with Gasteiger partial charge >= 0.3 is 6.18 Å². The first-order valence-electron chi connectivity index (χ1n) is 7.33. The Labute approximate surface area is 131 Å². The van der Waals surface area contributed by atoms with Crippen LogP contribution >= 0.6 is 0 Å². The fraction of sp³-hybridized carbons (Fsp3) is 0.412. The second-order valence-corrected chi connectivity index (χ2v) is 5.38. The number of hydrogen-bond acceptors (Lipinski definition) is 3. The molecule has 0 saturated carbocycles. The fourth-order valence-electron chi connectivity index (χ4n) is 2.59. The molecule has 1 aromatic heterocycles. The Kier molecular flexibility index (Phi) is 4.33. The lowest BCUT2D eigenvalue weighted by Crippen LogP contribution is -2.03. The largest absolute Gasteiger partial charge is 0.458 e. The van der Waals surface area contributed by atoms with Gasteiger partial charge in [-0.25, -0.2) is 0 Å². The third kappa shape index (κ3) is 3.52. The molecule has 0 amide bonds. The molecule has 122 valence electrons. The van der Waals surface area contributed by atoms with E-state index in [1.54, 1.807) is 6.07 Å². The first-order chi connectivity index (χ1) is 11.0. The van der Waals surface area contributed by atoms with Crippen LogP contribution in [0.1, 0.15) is 36.7 Å². The maximum atomic E-state index is 12.7. The summed E-state index contributed by atoms with van der Waals surface area (Å²) in [4.78, 5) is 0. The zero-order valence-electron chi connectivity index (χ0n) is 12.2. The molecule has 2 aromatic rings. The highest BCUT2D eigenvalue weighted by Gasteiger charge is 2.32. The molecule has 23 heavy (non-hydrogen) atoms. The van der Waals surface area contributed by atoms with Crippen molar-refractivity contribution in [2.45, 2.75) is 37.6 Å². The summed E-state index contributed by atoms with van der Waals surface area (Å²) in [5.41, 5.74) is -0.288. The van der Waals surface area contributed by atoms with Crippen molar-refractivity contribution in [1.82, 2.24) is 0 Å². The van der Waals surface area contributed by atoms with Gasteiger partial charge in [0.2, 0.25) is 0 Å². The zero-order valence-corrected chi connectivity index (χ0v) is 12.2. The van der Waals surface area contributed by atoms with Crippen LogP contribution in [-0.4, -0.2) is 17.8 Å². The van der Waals surface area contributed by atoms with Crippen LogP contribution in [0.3, 0.4) is 0 Å². The highest BCUT2D eigenvalue weighted by molar-refractivity contribution is 5.79. The van der Waals surface area contributed by atoms with E-state index < -0.39 is 11.7 Å². The van der Waals surface area contributed by atoms with Crippen molar-refractivity contribution in [3.05, 3.63) is 35.6 Å². The number of fused-ring (bicyclic) bond motifs is 1. The topological polar surface area (TPSA) is 42.6 Å². The van der Waals surface area contributed by atoms with Crippen LogP contribution in [0.15, 0.2) is 28.7 Å². The van der Waals surface area contributed by atoms with Gasteiger partial charge in [-0.05, 0) is 37.1 Å². The predicted octanol–water partition coefficient (Wildman–Crippen LogP) is 4.06. The maximum Gasteiger partial charge on any atom is 0.416 e. The molecule has 0 radical (unpaired) electrons. The second-order valence-electron chi connectivity index (χ2n) is 5.38. The van der Waals surface area contributed by atoms with Gasteiger partial charge in [-0.2, -0.15) is 13.2 Å². The molecule has 1 aliphatic heterocycles. The predicted molar refractivity (Wildman–Crippen MR) is 77.5 cm³/mol. The first kappa shape index (κ1) is 15.9. The second kappa shape index (κ2) is 6.26. The molecule has 0 spiro atoms. The Morgan fingerprint density at radius 3 is 2.78 bits per heavy atom. The van der Waals surface area contributed by atoms with Crippen LogP contribution in [0.4, 0.5) is 13.2 Å². The fourth-order valence-corrected chi connectivity index (χ4v) is 2.59. The lowest BCUT2D eigenvalue weighted by atomic mass is 10.1. The molecular formula is C17H15F3O3. The molecule has 1 aromatic carbocycles. The summed E-state index contributed by atoms with van der Waals surface area (Å²) in [6, 6.07) is 5.01. The molecule has 3 nitrogen and oxygen atoms in total. The third-order valence-electron chi connectivity index (χ3n) is 3.70. The molecule has 1 saturated heterocycles. The van der Waals surface area contributed by atoms with Crippen molar-refractivity contribution in [2.24, 2.45) is 0 Å². The lowest BCUT2D eigenvalue weighted by Gasteiger charge is -2.06. The van der Waals surface area contributed by atoms with Crippen LogP contribution in [-0.2, 0) is 10.9 Å². The highest BCUT2D eigenvalue weighted by Crippen LogP contribution is 2.37. The summed E-state index contributed by atoms with van der Waals surface area (Å²) in [6.45, 7) is 0.00820. The van der Waals surface area contributed by atoms with Gasteiger partial charge in [-0.15, -0.1) is 0 Å². The van der Waals surface area contributed by atoms with Crippen molar-refractivity contribution >= 4 is 11.0 Å². The molecule has 2 atom stereocenters. The molecule has 2 heterocycles. The van der Waals surface area contributed by atoms with Gasteiger partial charge in [0.05, 0.1) is 12.2 Å². The first-order valence-corrected chi connectivity index (χ1v) is 7.33. The number of ether oxygens (including phenoxy) is 1. The van der Waals surface area contributed by atoms with Crippen LogP contribution in [0.25, 0.3) is 11.0 Å². The summed E-state index contributed by atoms with van der Waals surface area (Å²) in [7, 11) is 0. The maximum absolute atomic E-state index is 12.7. The Morgan fingerprint density at radius 2 is 2.04 bits per heavy atom. The number of halogens is 3. The van der Waals surface area contributed by atoms with Crippen molar-refractivity contribution in [1.29, 1.82) is 0 Å². The number of alkyl halides is 3. The molecule has 2 unspecified atom stereocenters. The van der Waals surface area contributed by atoms with Crippen molar-refractivity contribution in [3.8, 4) is 11.8 Å². The Hall–Kier alpha value is -1.97. The van der Waals surface area contributed by atoms with Gasteiger partial charge in [0, 0.05) is 11.8 Å². The average Bonchev–Trinajstić information content (AvgIpc) is 3.11. The van der Waals surface area contributed by atoms with E-state index >= 15 is 0 Å². The summed E-state index contributed by atoms with van der Waals surface area (Å²) in [6.07, 6.45) is -3.08. The number of benzene rings is 1. The number of hydrogen-bond donors (Lipinski definition) is 1. The molecule has 0 aliphatic carbocycles. The smallest absolute Gasteiger partial charge is 0.416 e. The number of aliphatic hydroxyl groups is 1. The summed E-state index contributed by atoms with van der Waals surface area (Å²) in [5.74, 6) is 6.26. The SMILES string of the molecule is OCCC#CC1CCC(c2cc3cc(C(F)(F)F)ccc3o2)O1. The third-order valence-corrected chi connectivity index (χ3v) is 3.70. The molecule has 3 rings (SSSR count). The lowest BCUT2D eigenvalue weighted by molar-refractivity contribution is -0.137. The van der Waals surface area contributed by atoms with Crippen molar-refractivity contribution in [3.63, 3.8) is 0 Å². The number of furan rings is 1. The zero-order chi connectivity index (χ0) is 16.4. The van der Waals surface area contributed by atoms with E-state index in [4.69, 9.17) is 14.3 Å².